The van der Waals surface area contributed by atoms with Crippen LogP contribution in [0.25, 0.3) is 0 Å². The highest BCUT2D eigenvalue weighted by molar-refractivity contribution is 6.42. The molecule has 0 saturated carbocycles. The molecule has 1 aromatic rings. The average molecular weight is 372 g/mol. The summed E-state index contributed by atoms with van der Waals surface area (Å²) < 4.78 is 10.6. The van der Waals surface area contributed by atoms with E-state index in [-0.39, 0.29) is 29.9 Å². The monoisotopic (exact) mass is 372 g/mol. The minimum Gasteiger partial charge on any atom is -0.486 e. The molecule has 8 nitrogen and oxygen atoms in total. The van der Waals surface area contributed by atoms with Crippen LogP contribution in [0, 0.1) is 11.3 Å². The van der Waals surface area contributed by atoms with E-state index in [4.69, 9.17) is 10.00 Å². The molecule has 27 heavy (non-hydrogen) atoms. The Morgan fingerprint density at radius 2 is 2.00 bits per heavy atom. The van der Waals surface area contributed by atoms with Crippen LogP contribution in [0.15, 0.2) is 23.4 Å². The number of ether oxygens (including phenoxy) is 2. The molecular formula is C19H20N2O6. The van der Waals surface area contributed by atoms with Gasteiger partial charge in [-0.3, -0.25) is 4.79 Å². The predicted octanol–water partition coefficient (Wildman–Crippen LogP) is 2.81. The van der Waals surface area contributed by atoms with Crippen LogP contribution < -0.4 is 4.74 Å². The van der Waals surface area contributed by atoms with Gasteiger partial charge in [0.1, 0.15) is 17.4 Å². The Kier molecular flexibility index (Phi) is 6.29. The fourth-order valence-electron chi connectivity index (χ4n) is 2.71. The third kappa shape index (κ3) is 4.31. The predicted molar refractivity (Wildman–Crippen MR) is 94.4 cm³/mol. The van der Waals surface area contributed by atoms with Crippen molar-refractivity contribution in [2.45, 2.75) is 45.6 Å². The number of oxime groups is 1. The molecule has 2 rings (SSSR count). The normalized spacial score (nSPS) is 15.2. The zero-order chi connectivity index (χ0) is 20.0. The number of carbonyl (C=O) groups excluding carboxylic acids is 3. The summed E-state index contributed by atoms with van der Waals surface area (Å²) in [5.74, 6) is -1.61. The molecule has 0 N–H and O–H groups in total. The van der Waals surface area contributed by atoms with E-state index in [2.05, 4.69) is 14.7 Å². The lowest BCUT2D eigenvalue weighted by Crippen LogP contribution is -2.41. The molecule has 0 fully saturated rings. The number of carbonyl (C=O) groups is 3. The van der Waals surface area contributed by atoms with Crippen molar-refractivity contribution >= 4 is 23.4 Å². The standard InChI is InChI=1S/C19H20N2O6/c1-4-19(5-2)10-15(22)13-9-12(7-8-16(13)26-19)17(23)27-21-14(11-20)18(24)25-6-3/h7-9H,4-6,10H2,1-3H3/b21-14-. The van der Waals surface area contributed by atoms with Gasteiger partial charge in [-0.25, -0.2) is 9.59 Å². The fraction of sp³-hybridized carbons (Fsp3) is 0.421. The van der Waals surface area contributed by atoms with Crippen LogP contribution in [0.1, 0.15) is 60.7 Å². The van der Waals surface area contributed by atoms with E-state index in [0.29, 0.717) is 18.6 Å². The lowest BCUT2D eigenvalue weighted by atomic mass is 9.85. The van der Waals surface area contributed by atoms with Crippen molar-refractivity contribution < 1.29 is 28.7 Å². The van der Waals surface area contributed by atoms with E-state index in [9.17, 15) is 14.4 Å². The molecule has 1 aromatic carbocycles. The van der Waals surface area contributed by atoms with E-state index >= 15 is 0 Å². The summed E-state index contributed by atoms with van der Waals surface area (Å²) in [4.78, 5) is 40.7. The van der Waals surface area contributed by atoms with Crippen molar-refractivity contribution in [2.24, 2.45) is 5.16 Å². The summed E-state index contributed by atoms with van der Waals surface area (Å²) in [5, 5.41) is 12.1. The largest absolute Gasteiger partial charge is 0.486 e. The molecule has 0 atom stereocenters. The minimum absolute atomic E-state index is 0.0519. The topological polar surface area (TPSA) is 115 Å². The number of hydrogen-bond donors (Lipinski definition) is 0. The molecular weight excluding hydrogens is 352 g/mol. The number of benzene rings is 1. The first-order valence-corrected chi connectivity index (χ1v) is 8.62. The number of nitrogens with zero attached hydrogens (tertiary/aromatic N) is 2. The van der Waals surface area contributed by atoms with Gasteiger partial charge >= 0.3 is 11.9 Å². The van der Waals surface area contributed by atoms with Crippen LogP contribution in [0.4, 0.5) is 0 Å². The molecule has 0 bridgehead atoms. The van der Waals surface area contributed by atoms with Gasteiger partial charge in [0, 0.05) is 0 Å². The second-order valence-corrected chi connectivity index (χ2v) is 5.95. The molecule has 142 valence electrons. The van der Waals surface area contributed by atoms with E-state index < -0.39 is 23.3 Å². The lowest BCUT2D eigenvalue weighted by molar-refractivity contribution is -0.135. The first kappa shape index (κ1) is 20.1. The quantitative estimate of drug-likeness (QED) is 0.326. The van der Waals surface area contributed by atoms with Crippen molar-refractivity contribution in [3.63, 3.8) is 0 Å². The summed E-state index contributed by atoms with van der Waals surface area (Å²) in [6, 6.07) is 5.82. The van der Waals surface area contributed by atoms with Crippen molar-refractivity contribution in [1.29, 1.82) is 5.26 Å². The second-order valence-electron chi connectivity index (χ2n) is 5.95. The molecule has 1 aliphatic heterocycles. The Morgan fingerprint density at radius 3 is 2.59 bits per heavy atom. The zero-order valence-corrected chi connectivity index (χ0v) is 15.4. The number of nitriles is 1. The highest BCUT2D eigenvalue weighted by Gasteiger charge is 2.38. The number of rotatable bonds is 6. The molecule has 0 amide bonds. The number of fused-ring (bicyclic) bond motifs is 1. The Hall–Kier alpha value is -3.21. The Bertz CT molecular complexity index is 833. The highest BCUT2D eigenvalue weighted by Crippen LogP contribution is 2.37. The van der Waals surface area contributed by atoms with Gasteiger partial charge in [0.05, 0.1) is 24.2 Å². The van der Waals surface area contributed by atoms with Gasteiger partial charge in [-0.1, -0.05) is 19.0 Å². The summed E-state index contributed by atoms with van der Waals surface area (Å²) in [6.45, 7) is 5.54. The first-order chi connectivity index (χ1) is 12.9. The van der Waals surface area contributed by atoms with Gasteiger partial charge in [-0.15, -0.1) is 0 Å². The third-order valence-electron chi connectivity index (χ3n) is 4.41. The molecule has 1 aliphatic rings. The zero-order valence-electron chi connectivity index (χ0n) is 15.4. The van der Waals surface area contributed by atoms with Gasteiger partial charge in [0.2, 0.25) is 0 Å². The fourth-order valence-corrected chi connectivity index (χ4v) is 2.71. The molecule has 0 unspecified atom stereocenters. The summed E-state index contributed by atoms with van der Waals surface area (Å²) in [6.07, 6.45) is 1.61. The Morgan fingerprint density at radius 1 is 1.30 bits per heavy atom. The minimum atomic E-state index is -0.989. The van der Waals surface area contributed by atoms with Crippen LogP contribution in [0.5, 0.6) is 5.75 Å². The molecule has 0 aromatic heterocycles. The molecule has 0 saturated heterocycles. The number of esters is 1. The summed E-state index contributed by atoms with van der Waals surface area (Å²) >= 11 is 0. The van der Waals surface area contributed by atoms with Crippen molar-refractivity contribution in [3.05, 3.63) is 29.3 Å². The Labute approximate surface area is 156 Å². The van der Waals surface area contributed by atoms with Gasteiger partial charge in [0.25, 0.3) is 5.71 Å². The Balaban J connectivity index is 2.21. The molecule has 8 heteroatoms. The maximum absolute atomic E-state index is 12.5. The average Bonchev–Trinajstić information content (AvgIpc) is 2.68. The number of Topliss-reactive ketones (excluding diaryl/α,β-unsaturated/α-hetero) is 1. The van der Waals surface area contributed by atoms with Crippen molar-refractivity contribution in [2.75, 3.05) is 6.61 Å². The number of hydrogen-bond acceptors (Lipinski definition) is 8. The molecule has 0 spiro atoms. The maximum Gasteiger partial charge on any atom is 0.371 e. The van der Waals surface area contributed by atoms with E-state index in [0.717, 1.165) is 0 Å². The van der Waals surface area contributed by atoms with Gasteiger partial charge < -0.3 is 14.3 Å². The van der Waals surface area contributed by atoms with Crippen LogP contribution in [-0.2, 0) is 14.4 Å². The van der Waals surface area contributed by atoms with E-state index in [1.807, 2.05) is 13.8 Å². The summed E-state index contributed by atoms with van der Waals surface area (Å²) in [5.41, 5.74) is -0.872. The lowest BCUT2D eigenvalue weighted by Gasteiger charge is -2.36. The highest BCUT2D eigenvalue weighted by atomic mass is 16.7. The van der Waals surface area contributed by atoms with Crippen LogP contribution in [-0.4, -0.2) is 35.6 Å². The molecule has 1 heterocycles. The third-order valence-corrected chi connectivity index (χ3v) is 4.41. The smallest absolute Gasteiger partial charge is 0.371 e. The van der Waals surface area contributed by atoms with Crippen LogP contribution in [0.2, 0.25) is 0 Å². The maximum atomic E-state index is 12.5. The summed E-state index contributed by atoms with van der Waals surface area (Å²) in [7, 11) is 0. The second kappa shape index (κ2) is 8.45. The van der Waals surface area contributed by atoms with E-state index in [1.165, 1.54) is 24.3 Å². The van der Waals surface area contributed by atoms with Gasteiger partial charge in [0.15, 0.2) is 5.78 Å². The van der Waals surface area contributed by atoms with Crippen molar-refractivity contribution in [3.8, 4) is 11.8 Å². The first-order valence-electron chi connectivity index (χ1n) is 8.62. The van der Waals surface area contributed by atoms with Gasteiger partial charge in [-0.05, 0) is 38.0 Å². The molecule has 0 radical (unpaired) electrons. The van der Waals surface area contributed by atoms with Gasteiger partial charge in [-0.2, -0.15) is 5.26 Å². The van der Waals surface area contributed by atoms with Crippen LogP contribution in [0.3, 0.4) is 0 Å². The van der Waals surface area contributed by atoms with E-state index in [1.54, 1.807) is 6.92 Å². The van der Waals surface area contributed by atoms with Crippen molar-refractivity contribution in [1.82, 2.24) is 0 Å². The number of ketones is 1. The molecule has 0 aliphatic carbocycles. The SMILES string of the molecule is CCOC(=O)/C(C#N)=N\OC(=O)c1ccc2c(c1)C(=O)CC(CC)(CC)O2. The van der Waals surface area contributed by atoms with Crippen LogP contribution >= 0.6 is 0 Å².